The first-order valence-corrected chi connectivity index (χ1v) is 10.2. The second-order valence-electron chi connectivity index (χ2n) is 7.27. The number of carbonyl (C=O) groups excluding carboxylic acids is 1. The minimum atomic E-state index is -0.460. The van der Waals surface area contributed by atoms with Crippen LogP contribution >= 0.6 is 0 Å². The van der Waals surface area contributed by atoms with Crippen LogP contribution in [0.25, 0.3) is 0 Å². The Labute approximate surface area is 180 Å². The van der Waals surface area contributed by atoms with Crippen LogP contribution in [0.4, 0.5) is 17.1 Å². The van der Waals surface area contributed by atoms with Crippen LogP contribution in [0.1, 0.15) is 21.5 Å². The molecule has 1 fully saturated rings. The third-order valence-corrected chi connectivity index (χ3v) is 5.31. The highest BCUT2D eigenvalue weighted by molar-refractivity contribution is 6.09. The Hall–Kier alpha value is -3.71. The van der Waals surface area contributed by atoms with Crippen LogP contribution in [0.15, 0.2) is 72.8 Å². The number of hydrogen-bond acceptors (Lipinski definition) is 6. The Kier molecular flexibility index (Phi) is 6.24. The van der Waals surface area contributed by atoms with Gasteiger partial charge in [0.1, 0.15) is 5.69 Å². The van der Waals surface area contributed by atoms with Gasteiger partial charge in [-0.1, -0.05) is 48.5 Å². The first-order chi connectivity index (χ1) is 15.1. The highest BCUT2D eigenvalue weighted by Gasteiger charge is 2.19. The maximum absolute atomic E-state index is 12.7. The number of nitrogens with zero attached hydrogens (tertiary/aromatic N) is 2. The van der Waals surface area contributed by atoms with Gasteiger partial charge in [0.2, 0.25) is 0 Å². The monoisotopic (exact) mass is 417 g/mol. The molecule has 3 aromatic carbocycles. The first kappa shape index (κ1) is 20.6. The van der Waals surface area contributed by atoms with Crippen LogP contribution in [0.3, 0.4) is 0 Å². The summed E-state index contributed by atoms with van der Waals surface area (Å²) in [5, 5.41) is 14.9. The molecule has 4 rings (SSSR count). The molecule has 0 unspecified atom stereocenters. The van der Waals surface area contributed by atoms with E-state index in [0.717, 1.165) is 24.3 Å². The summed E-state index contributed by atoms with van der Waals surface area (Å²) in [5.41, 5.74) is 3.19. The highest BCUT2D eigenvalue weighted by atomic mass is 16.6. The van der Waals surface area contributed by atoms with Crippen LogP contribution in [-0.4, -0.2) is 37.0 Å². The molecule has 3 aromatic rings. The van der Waals surface area contributed by atoms with Crippen LogP contribution < -0.4 is 10.2 Å². The number of nitrogens with one attached hydrogen (secondary N) is 1. The Morgan fingerprint density at radius 3 is 2.42 bits per heavy atom. The van der Waals surface area contributed by atoms with Gasteiger partial charge in [0.05, 0.1) is 18.1 Å². The molecule has 1 N–H and O–H groups in total. The zero-order valence-corrected chi connectivity index (χ0v) is 17.0. The molecule has 0 saturated carbocycles. The number of hydrogen-bond donors (Lipinski definition) is 1. The summed E-state index contributed by atoms with van der Waals surface area (Å²) in [6.07, 6.45) is 0. The van der Waals surface area contributed by atoms with E-state index in [1.54, 1.807) is 36.4 Å². The number of nitro benzene ring substituents is 1. The highest BCUT2D eigenvalue weighted by Crippen LogP contribution is 2.29. The fourth-order valence-corrected chi connectivity index (χ4v) is 3.69. The van der Waals surface area contributed by atoms with Crippen molar-refractivity contribution in [2.45, 2.75) is 6.54 Å². The lowest BCUT2D eigenvalue weighted by molar-refractivity contribution is -0.384. The maximum atomic E-state index is 12.7. The van der Waals surface area contributed by atoms with Crippen molar-refractivity contribution in [2.75, 3.05) is 36.5 Å². The Bertz CT molecular complexity index is 1080. The smallest absolute Gasteiger partial charge is 0.293 e. The van der Waals surface area contributed by atoms with E-state index in [2.05, 4.69) is 16.3 Å². The van der Waals surface area contributed by atoms with Gasteiger partial charge in [-0.05, 0) is 23.8 Å². The molecule has 1 heterocycles. The van der Waals surface area contributed by atoms with Gasteiger partial charge in [-0.15, -0.1) is 0 Å². The molecular formula is C24H23N3O4. The van der Waals surface area contributed by atoms with Gasteiger partial charge in [-0.25, -0.2) is 0 Å². The molecular weight excluding hydrogens is 394 g/mol. The number of rotatable bonds is 7. The SMILES string of the molecule is O=C(c1ccccc1)c1ccc(NCc2ccccc2N2CCOCC2)c([N+](=O)[O-])c1. The van der Waals surface area contributed by atoms with Crippen molar-refractivity contribution in [1.29, 1.82) is 0 Å². The molecule has 158 valence electrons. The van der Waals surface area contributed by atoms with Gasteiger partial charge in [-0.3, -0.25) is 14.9 Å². The zero-order valence-electron chi connectivity index (χ0n) is 17.0. The van der Waals surface area contributed by atoms with Gasteiger partial charge in [0, 0.05) is 42.5 Å². The second kappa shape index (κ2) is 9.40. The minimum Gasteiger partial charge on any atom is -0.378 e. The third kappa shape index (κ3) is 4.73. The van der Waals surface area contributed by atoms with Gasteiger partial charge in [0.15, 0.2) is 5.78 Å². The predicted molar refractivity (Wildman–Crippen MR) is 120 cm³/mol. The molecule has 0 amide bonds. The Morgan fingerprint density at radius 1 is 0.968 bits per heavy atom. The fraction of sp³-hybridized carbons (Fsp3) is 0.208. The third-order valence-electron chi connectivity index (χ3n) is 5.31. The van der Waals surface area contributed by atoms with Gasteiger partial charge in [-0.2, -0.15) is 0 Å². The lowest BCUT2D eigenvalue weighted by atomic mass is 10.0. The average molecular weight is 417 g/mol. The van der Waals surface area contributed by atoms with E-state index in [9.17, 15) is 14.9 Å². The number of anilines is 2. The number of nitro groups is 1. The number of ketones is 1. The van der Waals surface area contributed by atoms with E-state index in [0.29, 0.717) is 31.0 Å². The topological polar surface area (TPSA) is 84.7 Å². The van der Waals surface area contributed by atoms with E-state index < -0.39 is 4.92 Å². The number of ether oxygens (including phenoxy) is 1. The Morgan fingerprint density at radius 2 is 1.68 bits per heavy atom. The summed E-state index contributed by atoms with van der Waals surface area (Å²) < 4.78 is 5.44. The summed E-state index contributed by atoms with van der Waals surface area (Å²) in [6.45, 7) is 3.43. The number of carbonyl (C=O) groups is 1. The lowest BCUT2D eigenvalue weighted by Crippen LogP contribution is -2.36. The van der Waals surface area contributed by atoms with Crippen molar-refractivity contribution in [3.63, 3.8) is 0 Å². The van der Waals surface area contributed by atoms with Gasteiger partial charge >= 0.3 is 0 Å². The van der Waals surface area contributed by atoms with Crippen molar-refractivity contribution >= 4 is 22.8 Å². The molecule has 0 radical (unpaired) electrons. The molecule has 0 atom stereocenters. The standard InChI is InChI=1S/C24H23N3O4/c28-24(18-6-2-1-3-7-18)19-10-11-21(23(16-19)27(29)30)25-17-20-8-4-5-9-22(20)26-12-14-31-15-13-26/h1-11,16,25H,12-15,17H2. The van der Waals surface area contributed by atoms with Crippen LogP contribution in [0.2, 0.25) is 0 Å². The number of para-hydroxylation sites is 1. The Balaban J connectivity index is 1.55. The maximum Gasteiger partial charge on any atom is 0.293 e. The van der Waals surface area contributed by atoms with E-state index in [1.165, 1.54) is 6.07 Å². The number of benzene rings is 3. The van der Waals surface area contributed by atoms with Crippen molar-refractivity contribution in [3.8, 4) is 0 Å². The zero-order chi connectivity index (χ0) is 21.6. The molecule has 1 saturated heterocycles. The molecule has 7 heteroatoms. The van der Waals surface area contributed by atoms with E-state index >= 15 is 0 Å². The van der Waals surface area contributed by atoms with Crippen LogP contribution in [0.5, 0.6) is 0 Å². The molecule has 0 aliphatic carbocycles. The summed E-state index contributed by atoms with van der Waals surface area (Å²) in [6, 6.07) is 21.3. The normalized spacial score (nSPS) is 13.6. The first-order valence-electron chi connectivity index (χ1n) is 10.2. The van der Waals surface area contributed by atoms with Crippen molar-refractivity contribution in [2.24, 2.45) is 0 Å². The van der Waals surface area contributed by atoms with E-state index in [1.807, 2.05) is 24.3 Å². The van der Waals surface area contributed by atoms with Gasteiger partial charge in [0.25, 0.3) is 5.69 Å². The minimum absolute atomic E-state index is 0.120. The number of morpholine rings is 1. The fourth-order valence-electron chi connectivity index (χ4n) is 3.69. The molecule has 0 aromatic heterocycles. The molecule has 7 nitrogen and oxygen atoms in total. The van der Waals surface area contributed by atoms with E-state index in [4.69, 9.17) is 4.74 Å². The summed E-state index contributed by atoms with van der Waals surface area (Å²) in [4.78, 5) is 26.2. The van der Waals surface area contributed by atoms with E-state index in [-0.39, 0.29) is 17.0 Å². The van der Waals surface area contributed by atoms with Crippen LogP contribution in [0, 0.1) is 10.1 Å². The average Bonchev–Trinajstić information content (AvgIpc) is 2.83. The lowest BCUT2D eigenvalue weighted by Gasteiger charge is -2.30. The molecule has 31 heavy (non-hydrogen) atoms. The predicted octanol–water partition coefficient (Wildman–Crippen LogP) is 4.27. The summed E-state index contributed by atoms with van der Waals surface area (Å²) >= 11 is 0. The van der Waals surface area contributed by atoms with Crippen molar-refractivity contribution in [3.05, 3.63) is 99.6 Å². The van der Waals surface area contributed by atoms with Crippen LogP contribution in [-0.2, 0) is 11.3 Å². The largest absolute Gasteiger partial charge is 0.378 e. The van der Waals surface area contributed by atoms with Crippen molar-refractivity contribution in [1.82, 2.24) is 0 Å². The van der Waals surface area contributed by atoms with Crippen molar-refractivity contribution < 1.29 is 14.5 Å². The molecule has 0 bridgehead atoms. The summed E-state index contributed by atoms with van der Waals surface area (Å²) in [7, 11) is 0. The summed E-state index contributed by atoms with van der Waals surface area (Å²) in [5.74, 6) is -0.243. The quantitative estimate of drug-likeness (QED) is 0.351. The molecule has 1 aliphatic heterocycles. The second-order valence-corrected chi connectivity index (χ2v) is 7.27. The van der Waals surface area contributed by atoms with Gasteiger partial charge < -0.3 is 15.0 Å². The molecule has 0 spiro atoms. The molecule has 1 aliphatic rings.